The van der Waals surface area contributed by atoms with E-state index in [1.165, 1.54) is 12.1 Å². The lowest BCUT2D eigenvalue weighted by atomic mass is 10.0. The first-order chi connectivity index (χ1) is 14.1. The molecule has 29 heavy (non-hydrogen) atoms. The number of amides is 2. The van der Waals surface area contributed by atoms with Crippen LogP contribution in [0.25, 0.3) is 0 Å². The van der Waals surface area contributed by atoms with E-state index in [-0.39, 0.29) is 17.6 Å². The number of nitrogens with zero attached hydrogens (tertiary/aromatic N) is 4. The van der Waals surface area contributed by atoms with Gasteiger partial charge in [0.15, 0.2) is 5.69 Å². The van der Waals surface area contributed by atoms with Gasteiger partial charge in [0.1, 0.15) is 5.82 Å². The smallest absolute Gasteiger partial charge is 0.274 e. The summed E-state index contributed by atoms with van der Waals surface area (Å²) in [5.74, 6) is -0.214. The summed E-state index contributed by atoms with van der Waals surface area (Å²) in [5, 5.41) is 7.29. The molecule has 0 aliphatic carbocycles. The molecule has 2 aliphatic rings. The van der Waals surface area contributed by atoms with Gasteiger partial charge in [0.25, 0.3) is 5.91 Å². The number of aromatic amines is 1. The molecule has 0 radical (unpaired) electrons. The number of anilines is 1. The number of aromatic nitrogens is 2. The van der Waals surface area contributed by atoms with Gasteiger partial charge in [-0.1, -0.05) is 6.92 Å². The van der Waals surface area contributed by atoms with Crippen LogP contribution in [0, 0.1) is 5.82 Å². The second-order valence-corrected chi connectivity index (χ2v) is 7.60. The van der Waals surface area contributed by atoms with Crippen molar-refractivity contribution in [2.75, 3.05) is 37.6 Å². The molecule has 0 spiro atoms. The standard InChI is InChI=1S/C21H26FN5O2/c1-2-3-19(28)27-9-8-18-17(14-27)20(24-23-18)21(29)26-12-10-25(11-13-26)16-6-4-15(22)5-7-16/h4-7H,2-3,8-14H2,1H3,(H,23,24). The molecule has 1 aromatic carbocycles. The maximum Gasteiger partial charge on any atom is 0.274 e. The highest BCUT2D eigenvalue weighted by Gasteiger charge is 2.31. The fraction of sp³-hybridized carbons (Fsp3) is 0.476. The van der Waals surface area contributed by atoms with Gasteiger partial charge in [-0.3, -0.25) is 14.7 Å². The molecule has 0 unspecified atom stereocenters. The van der Waals surface area contributed by atoms with E-state index in [4.69, 9.17) is 0 Å². The summed E-state index contributed by atoms with van der Waals surface area (Å²) < 4.78 is 13.1. The number of benzene rings is 1. The van der Waals surface area contributed by atoms with E-state index in [0.29, 0.717) is 57.8 Å². The minimum absolute atomic E-state index is 0.0916. The van der Waals surface area contributed by atoms with Crippen molar-refractivity contribution in [3.63, 3.8) is 0 Å². The van der Waals surface area contributed by atoms with Crippen LogP contribution in [0.4, 0.5) is 10.1 Å². The molecule has 1 fully saturated rings. The number of halogens is 1. The Bertz CT molecular complexity index is 887. The van der Waals surface area contributed by atoms with Crippen LogP contribution in [-0.4, -0.2) is 64.5 Å². The average Bonchev–Trinajstić information content (AvgIpc) is 3.17. The van der Waals surface area contributed by atoms with Crippen LogP contribution in [0.3, 0.4) is 0 Å². The molecule has 2 aliphatic heterocycles. The van der Waals surface area contributed by atoms with Crippen LogP contribution in [0.15, 0.2) is 24.3 Å². The van der Waals surface area contributed by atoms with Crippen LogP contribution < -0.4 is 4.90 Å². The number of H-pyrrole nitrogens is 1. The Morgan fingerprint density at radius 1 is 1.07 bits per heavy atom. The predicted octanol–water partition coefficient (Wildman–Crippen LogP) is 2.20. The summed E-state index contributed by atoms with van der Waals surface area (Å²) in [6.07, 6.45) is 2.04. The number of carbonyl (C=O) groups excluding carboxylic acids is 2. The van der Waals surface area contributed by atoms with Gasteiger partial charge in [0.2, 0.25) is 5.91 Å². The van der Waals surface area contributed by atoms with E-state index in [0.717, 1.165) is 23.4 Å². The number of fused-ring (bicyclic) bond motifs is 1. The fourth-order valence-electron chi connectivity index (χ4n) is 4.03. The third-order valence-corrected chi connectivity index (χ3v) is 5.71. The third-order valence-electron chi connectivity index (χ3n) is 5.71. The van der Waals surface area contributed by atoms with E-state index >= 15 is 0 Å². The first-order valence-corrected chi connectivity index (χ1v) is 10.2. The Hall–Kier alpha value is -2.90. The summed E-state index contributed by atoms with van der Waals surface area (Å²) in [6.45, 7) is 5.63. The summed E-state index contributed by atoms with van der Waals surface area (Å²) >= 11 is 0. The second-order valence-electron chi connectivity index (χ2n) is 7.60. The first kappa shape index (κ1) is 19.4. The molecule has 0 saturated carbocycles. The Kier molecular flexibility index (Phi) is 5.51. The summed E-state index contributed by atoms with van der Waals surface area (Å²) in [4.78, 5) is 31.2. The molecule has 154 valence electrons. The lowest BCUT2D eigenvalue weighted by Crippen LogP contribution is -2.49. The lowest BCUT2D eigenvalue weighted by Gasteiger charge is -2.36. The molecular weight excluding hydrogens is 373 g/mol. The Balaban J connectivity index is 1.42. The van der Waals surface area contributed by atoms with E-state index in [2.05, 4.69) is 15.1 Å². The molecule has 1 saturated heterocycles. The highest BCUT2D eigenvalue weighted by Crippen LogP contribution is 2.23. The minimum Gasteiger partial charge on any atom is -0.368 e. The molecule has 4 rings (SSSR count). The van der Waals surface area contributed by atoms with Crippen molar-refractivity contribution in [1.29, 1.82) is 0 Å². The quantitative estimate of drug-likeness (QED) is 0.856. The van der Waals surface area contributed by atoms with Crippen molar-refractivity contribution in [2.24, 2.45) is 0 Å². The zero-order valence-electron chi connectivity index (χ0n) is 16.7. The van der Waals surface area contributed by atoms with Crippen LogP contribution in [0.5, 0.6) is 0 Å². The van der Waals surface area contributed by atoms with E-state index in [1.807, 2.05) is 16.7 Å². The van der Waals surface area contributed by atoms with Crippen molar-refractivity contribution in [3.05, 3.63) is 47.0 Å². The topological polar surface area (TPSA) is 72.5 Å². The maximum atomic E-state index is 13.1. The average molecular weight is 399 g/mol. The van der Waals surface area contributed by atoms with Gasteiger partial charge in [-0.05, 0) is 30.7 Å². The fourth-order valence-corrected chi connectivity index (χ4v) is 4.03. The number of hydrogen-bond donors (Lipinski definition) is 1. The molecular formula is C21H26FN5O2. The van der Waals surface area contributed by atoms with E-state index < -0.39 is 0 Å². The SMILES string of the molecule is CCCC(=O)N1CCc2[nH]nc(C(=O)N3CCN(c4ccc(F)cc4)CC3)c2C1. The van der Waals surface area contributed by atoms with Crippen molar-refractivity contribution in [1.82, 2.24) is 20.0 Å². The summed E-state index contributed by atoms with van der Waals surface area (Å²) in [6, 6.07) is 6.43. The van der Waals surface area contributed by atoms with Crippen LogP contribution in [0.1, 0.15) is 41.5 Å². The zero-order valence-corrected chi connectivity index (χ0v) is 16.7. The highest BCUT2D eigenvalue weighted by atomic mass is 19.1. The molecule has 1 N–H and O–H groups in total. The largest absolute Gasteiger partial charge is 0.368 e. The van der Waals surface area contributed by atoms with E-state index in [1.54, 1.807) is 12.1 Å². The molecule has 2 aromatic rings. The van der Waals surface area contributed by atoms with Crippen LogP contribution >= 0.6 is 0 Å². The van der Waals surface area contributed by atoms with Crippen molar-refractivity contribution < 1.29 is 14.0 Å². The number of nitrogens with one attached hydrogen (secondary N) is 1. The van der Waals surface area contributed by atoms with Crippen molar-refractivity contribution in [2.45, 2.75) is 32.7 Å². The maximum absolute atomic E-state index is 13.1. The molecule has 0 atom stereocenters. The number of rotatable bonds is 4. The highest BCUT2D eigenvalue weighted by molar-refractivity contribution is 5.94. The van der Waals surface area contributed by atoms with Gasteiger partial charge in [0.05, 0.1) is 0 Å². The molecule has 2 amide bonds. The molecule has 1 aromatic heterocycles. The van der Waals surface area contributed by atoms with Crippen LogP contribution in [-0.2, 0) is 17.8 Å². The molecule has 3 heterocycles. The first-order valence-electron chi connectivity index (χ1n) is 10.2. The second kappa shape index (κ2) is 8.23. The zero-order chi connectivity index (χ0) is 20.4. The van der Waals surface area contributed by atoms with Crippen molar-refractivity contribution >= 4 is 17.5 Å². The van der Waals surface area contributed by atoms with Gasteiger partial charge >= 0.3 is 0 Å². The minimum atomic E-state index is -0.252. The van der Waals surface area contributed by atoms with Gasteiger partial charge in [0, 0.05) is 69.1 Å². The number of carbonyl (C=O) groups is 2. The predicted molar refractivity (Wildman–Crippen MR) is 107 cm³/mol. The number of hydrogen-bond acceptors (Lipinski definition) is 4. The number of piperazine rings is 1. The van der Waals surface area contributed by atoms with Crippen molar-refractivity contribution in [3.8, 4) is 0 Å². The van der Waals surface area contributed by atoms with Gasteiger partial charge in [-0.25, -0.2) is 4.39 Å². The normalized spacial score (nSPS) is 16.7. The van der Waals surface area contributed by atoms with Gasteiger partial charge in [-0.15, -0.1) is 0 Å². The lowest BCUT2D eigenvalue weighted by molar-refractivity contribution is -0.132. The Morgan fingerprint density at radius 3 is 2.48 bits per heavy atom. The molecule has 8 heteroatoms. The van der Waals surface area contributed by atoms with Gasteiger partial charge in [-0.2, -0.15) is 5.10 Å². The van der Waals surface area contributed by atoms with Gasteiger partial charge < -0.3 is 14.7 Å². The molecule has 0 bridgehead atoms. The monoisotopic (exact) mass is 399 g/mol. The molecule has 7 nitrogen and oxygen atoms in total. The third kappa shape index (κ3) is 3.97. The summed E-state index contributed by atoms with van der Waals surface area (Å²) in [5.41, 5.74) is 3.20. The Labute approximate surface area is 169 Å². The Morgan fingerprint density at radius 2 is 1.79 bits per heavy atom. The van der Waals surface area contributed by atoms with E-state index in [9.17, 15) is 14.0 Å². The summed E-state index contributed by atoms with van der Waals surface area (Å²) in [7, 11) is 0. The van der Waals surface area contributed by atoms with Crippen LogP contribution in [0.2, 0.25) is 0 Å².